The van der Waals surface area contributed by atoms with Crippen LogP contribution < -0.4 is 33.2 Å². The van der Waals surface area contributed by atoms with Gasteiger partial charge in [0.2, 0.25) is 23.6 Å². The van der Waals surface area contributed by atoms with Crippen molar-refractivity contribution in [3.63, 3.8) is 0 Å². The maximum Gasteiger partial charge on any atom is 0.328 e. The highest BCUT2D eigenvalue weighted by Gasteiger charge is 2.30. The number of hydrogen-bond donors (Lipinski definition) is 8. The fraction of sp³-hybridized carbons (Fsp3) is 0.750. The van der Waals surface area contributed by atoms with Gasteiger partial charge in [0.15, 0.2) is 0 Å². The van der Waals surface area contributed by atoms with Gasteiger partial charge in [-0.1, -0.05) is 20.3 Å². The molecule has 0 aliphatic rings. The van der Waals surface area contributed by atoms with Crippen molar-refractivity contribution in [2.45, 2.75) is 76.5 Å². The molecule has 11 N–H and O–H groups in total. The number of nitrogens with two attached hydrogens (primary N) is 3. The molecular formula is C20H38N6O7. The summed E-state index contributed by atoms with van der Waals surface area (Å²) in [6.45, 7) is 3.21. The molecule has 190 valence electrons. The van der Waals surface area contributed by atoms with Crippen LogP contribution in [0, 0.1) is 5.92 Å². The van der Waals surface area contributed by atoms with Gasteiger partial charge in [-0.15, -0.1) is 0 Å². The Morgan fingerprint density at radius 2 is 1.39 bits per heavy atom. The molecule has 13 nitrogen and oxygen atoms in total. The molecule has 0 radical (unpaired) electrons. The van der Waals surface area contributed by atoms with Gasteiger partial charge in [0.1, 0.15) is 18.1 Å². The van der Waals surface area contributed by atoms with Gasteiger partial charge in [-0.2, -0.15) is 0 Å². The van der Waals surface area contributed by atoms with Gasteiger partial charge in [0.25, 0.3) is 0 Å². The number of carbonyl (C=O) groups is 5. The summed E-state index contributed by atoms with van der Waals surface area (Å²) >= 11 is 0. The zero-order valence-electron chi connectivity index (χ0n) is 19.2. The van der Waals surface area contributed by atoms with Crippen molar-refractivity contribution in [2.24, 2.45) is 23.1 Å². The van der Waals surface area contributed by atoms with Crippen molar-refractivity contribution in [2.75, 3.05) is 13.2 Å². The smallest absolute Gasteiger partial charge is 0.328 e. The number of carboxylic acid groups (broad SMARTS) is 1. The van der Waals surface area contributed by atoms with E-state index in [1.54, 1.807) is 13.8 Å². The van der Waals surface area contributed by atoms with Gasteiger partial charge in [0.05, 0.1) is 12.6 Å². The molecule has 0 aromatic rings. The van der Waals surface area contributed by atoms with Crippen LogP contribution in [0.2, 0.25) is 0 Å². The second-order valence-electron chi connectivity index (χ2n) is 8.23. The molecule has 4 atom stereocenters. The minimum Gasteiger partial charge on any atom is -0.480 e. The number of amides is 4. The molecule has 0 aliphatic heterocycles. The molecule has 13 heteroatoms. The lowest BCUT2D eigenvalue weighted by Gasteiger charge is -2.25. The molecule has 0 aromatic carbocycles. The van der Waals surface area contributed by atoms with Gasteiger partial charge in [-0.25, -0.2) is 4.79 Å². The summed E-state index contributed by atoms with van der Waals surface area (Å²) in [6.07, 6.45) is 1.49. The molecule has 0 aliphatic carbocycles. The summed E-state index contributed by atoms with van der Waals surface area (Å²) in [7, 11) is 0. The van der Waals surface area contributed by atoms with E-state index >= 15 is 0 Å². The van der Waals surface area contributed by atoms with Crippen LogP contribution in [0.3, 0.4) is 0 Å². The Morgan fingerprint density at radius 3 is 1.88 bits per heavy atom. The normalized spacial score (nSPS) is 14.6. The van der Waals surface area contributed by atoms with E-state index in [0.717, 1.165) is 0 Å². The molecule has 4 unspecified atom stereocenters. The van der Waals surface area contributed by atoms with Gasteiger partial charge in [-0.3, -0.25) is 19.2 Å². The lowest BCUT2D eigenvalue weighted by Crippen LogP contribution is -2.57. The van der Waals surface area contributed by atoms with Crippen LogP contribution in [0.5, 0.6) is 0 Å². The summed E-state index contributed by atoms with van der Waals surface area (Å²) in [4.78, 5) is 60.2. The van der Waals surface area contributed by atoms with E-state index < -0.39 is 60.4 Å². The van der Waals surface area contributed by atoms with E-state index in [1.165, 1.54) is 0 Å². The zero-order valence-corrected chi connectivity index (χ0v) is 19.2. The fourth-order valence-electron chi connectivity index (χ4n) is 2.91. The molecule has 0 spiro atoms. The average Bonchev–Trinajstić information content (AvgIpc) is 2.73. The predicted octanol–water partition coefficient (Wildman–Crippen LogP) is -2.71. The van der Waals surface area contributed by atoms with E-state index in [1.807, 2.05) is 0 Å². The molecule has 0 fully saturated rings. The monoisotopic (exact) mass is 474 g/mol. The first-order valence-corrected chi connectivity index (χ1v) is 10.9. The van der Waals surface area contributed by atoms with Crippen molar-refractivity contribution in [3.05, 3.63) is 0 Å². The molecule has 0 bridgehead atoms. The Labute approximate surface area is 193 Å². The van der Waals surface area contributed by atoms with E-state index in [0.29, 0.717) is 25.8 Å². The van der Waals surface area contributed by atoms with Crippen molar-refractivity contribution in [3.8, 4) is 0 Å². The Kier molecular flexibility index (Phi) is 14.6. The Balaban J connectivity index is 5.40. The standard InChI is InChI=1S/C20H38N6O7/c1-11(2)9-14(19(31)26-15(10-27)20(32)33)25-18(30)13(6-7-16(23)28)24-17(29)12(22)5-3-4-8-21/h11-15,27H,3-10,21-22H2,1-2H3,(H2,23,28)(H,24,29)(H,25,30)(H,26,31)(H,32,33). The quantitative estimate of drug-likeness (QED) is 0.102. The molecule has 0 heterocycles. The summed E-state index contributed by atoms with van der Waals surface area (Å²) < 4.78 is 0. The number of hydrogen-bond acceptors (Lipinski definition) is 8. The third-order valence-corrected chi connectivity index (χ3v) is 4.76. The number of aliphatic hydroxyl groups excluding tert-OH is 1. The molecule has 0 saturated heterocycles. The second-order valence-corrected chi connectivity index (χ2v) is 8.23. The third-order valence-electron chi connectivity index (χ3n) is 4.76. The fourth-order valence-corrected chi connectivity index (χ4v) is 2.91. The maximum atomic E-state index is 12.9. The molecule has 0 aromatic heterocycles. The largest absolute Gasteiger partial charge is 0.480 e. The summed E-state index contributed by atoms with van der Waals surface area (Å²) in [5.74, 6) is -4.35. The van der Waals surface area contributed by atoms with Crippen LogP contribution in [0.4, 0.5) is 0 Å². The van der Waals surface area contributed by atoms with Crippen LogP contribution in [0.1, 0.15) is 52.4 Å². The number of nitrogens with one attached hydrogen (secondary N) is 3. The number of carboxylic acids is 1. The van der Waals surface area contributed by atoms with Crippen LogP contribution in [0.25, 0.3) is 0 Å². The lowest BCUT2D eigenvalue weighted by atomic mass is 10.0. The van der Waals surface area contributed by atoms with Crippen molar-refractivity contribution in [1.29, 1.82) is 0 Å². The Bertz CT molecular complexity index is 673. The number of rotatable bonds is 17. The third kappa shape index (κ3) is 12.7. The van der Waals surface area contributed by atoms with Gasteiger partial charge in [-0.05, 0) is 38.1 Å². The number of unbranched alkanes of at least 4 members (excludes halogenated alkanes) is 1. The first-order valence-electron chi connectivity index (χ1n) is 10.9. The Hall–Kier alpha value is -2.77. The summed E-state index contributed by atoms with van der Waals surface area (Å²) in [5, 5.41) is 25.3. The lowest BCUT2D eigenvalue weighted by molar-refractivity contribution is -0.143. The van der Waals surface area contributed by atoms with Crippen LogP contribution in [-0.4, -0.2) is 77.1 Å². The molecule has 33 heavy (non-hydrogen) atoms. The average molecular weight is 475 g/mol. The number of primary amides is 1. The van der Waals surface area contributed by atoms with E-state index in [2.05, 4.69) is 16.0 Å². The number of aliphatic carboxylic acids is 1. The van der Waals surface area contributed by atoms with E-state index in [9.17, 15) is 24.0 Å². The zero-order chi connectivity index (χ0) is 25.6. The molecule has 4 amide bonds. The highest BCUT2D eigenvalue weighted by Crippen LogP contribution is 2.08. The topological polar surface area (TPSA) is 240 Å². The first-order chi connectivity index (χ1) is 15.4. The first kappa shape index (κ1) is 30.2. The molecule has 0 saturated carbocycles. The minimum absolute atomic E-state index is 0.0620. The summed E-state index contributed by atoms with van der Waals surface area (Å²) in [5.41, 5.74) is 16.4. The minimum atomic E-state index is -1.54. The molecular weight excluding hydrogens is 436 g/mol. The van der Waals surface area contributed by atoms with E-state index in [-0.39, 0.29) is 25.2 Å². The highest BCUT2D eigenvalue weighted by molar-refractivity contribution is 5.94. The molecule has 0 rings (SSSR count). The van der Waals surface area contributed by atoms with Gasteiger partial charge in [0, 0.05) is 6.42 Å². The van der Waals surface area contributed by atoms with Gasteiger partial charge >= 0.3 is 5.97 Å². The van der Waals surface area contributed by atoms with E-state index in [4.69, 9.17) is 27.4 Å². The van der Waals surface area contributed by atoms with Gasteiger partial charge < -0.3 is 43.4 Å². The van der Waals surface area contributed by atoms with Crippen LogP contribution in [0.15, 0.2) is 0 Å². The number of carbonyl (C=O) groups excluding carboxylic acids is 4. The van der Waals surface area contributed by atoms with Crippen molar-refractivity contribution < 1.29 is 34.2 Å². The summed E-state index contributed by atoms with van der Waals surface area (Å²) in [6, 6.07) is -4.77. The maximum absolute atomic E-state index is 12.9. The van der Waals surface area contributed by atoms with Crippen molar-refractivity contribution in [1.82, 2.24) is 16.0 Å². The van der Waals surface area contributed by atoms with Crippen molar-refractivity contribution >= 4 is 29.6 Å². The Morgan fingerprint density at radius 1 is 0.848 bits per heavy atom. The van der Waals surface area contributed by atoms with Crippen LogP contribution in [-0.2, 0) is 24.0 Å². The van der Waals surface area contributed by atoms with Crippen LogP contribution >= 0.6 is 0 Å². The highest BCUT2D eigenvalue weighted by atomic mass is 16.4. The SMILES string of the molecule is CC(C)CC(NC(=O)C(CCC(N)=O)NC(=O)C(N)CCCCN)C(=O)NC(CO)C(=O)O. The predicted molar refractivity (Wildman–Crippen MR) is 119 cm³/mol. The number of aliphatic hydroxyl groups is 1. The second kappa shape index (κ2) is 15.9.